The minimum Gasteiger partial charge on any atom is -0.478 e. The standard InChI is InChI=1S/C32H29N5O4/c38-31(39)25-18-34-28-15-14-27(22-16-21-8-4-5-9-26(21)33-17-22)37-30(28)29(25)35-23-10-12-24(13-11-23)36-32(40)41-19-20-6-2-1-3-7-20/h1-9,14-18,23-24H,10-13,19H2,(H,34,35)(H,36,40)(H,38,39)/t23-,24-. The summed E-state index contributed by atoms with van der Waals surface area (Å²) in [4.78, 5) is 38.3. The van der Waals surface area contributed by atoms with Gasteiger partial charge in [0.15, 0.2) is 0 Å². The molecule has 0 saturated heterocycles. The minimum absolute atomic E-state index is 0.00502. The lowest BCUT2D eigenvalue weighted by Gasteiger charge is -2.30. The first-order valence-corrected chi connectivity index (χ1v) is 13.7. The first kappa shape index (κ1) is 26.2. The monoisotopic (exact) mass is 547 g/mol. The number of benzene rings is 2. The summed E-state index contributed by atoms with van der Waals surface area (Å²) in [7, 11) is 0. The topological polar surface area (TPSA) is 126 Å². The second-order valence-corrected chi connectivity index (χ2v) is 10.2. The van der Waals surface area contributed by atoms with Crippen molar-refractivity contribution in [2.75, 3.05) is 5.32 Å². The van der Waals surface area contributed by atoms with Gasteiger partial charge in [-0.25, -0.2) is 14.6 Å². The maximum absolute atomic E-state index is 12.3. The third-order valence-electron chi connectivity index (χ3n) is 7.44. The van der Waals surface area contributed by atoms with E-state index >= 15 is 0 Å². The highest BCUT2D eigenvalue weighted by atomic mass is 16.5. The van der Waals surface area contributed by atoms with Crippen molar-refractivity contribution >= 4 is 39.7 Å². The number of fused-ring (bicyclic) bond motifs is 2. The lowest BCUT2D eigenvalue weighted by atomic mass is 9.91. The number of carbonyl (C=O) groups is 2. The highest BCUT2D eigenvalue weighted by Gasteiger charge is 2.25. The van der Waals surface area contributed by atoms with Crippen LogP contribution in [0.3, 0.4) is 0 Å². The third-order valence-corrected chi connectivity index (χ3v) is 7.44. The van der Waals surface area contributed by atoms with Crippen LogP contribution in [0.25, 0.3) is 33.2 Å². The second kappa shape index (κ2) is 11.6. The van der Waals surface area contributed by atoms with Crippen LogP contribution in [-0.2, 0) is 11.3 Å². The molecule has 2 aromatic carbocycles. The SMILES string of the molecule is O=C(N[C@H]1CC[C@H](Nc2c(C(=O)O)cnc3ccc(-c4cnc5ccccc5c4)nc23)CC1)OCc1ccccc1. The fraction of sp³-hybridized carbons (Fsp3) is 0.219. The van der Waals surface area contributed by atoms with Crippen LogP contribution in [0.5, 0.6) is 0 Å². The van der Waals surface area contributed by atoms with Gasteiger partial charge in [-0.1, -0.05) is 48.5 Å². The molecule has 1 aliphatic rings. The number of aromatic carboxylic acids is 1. The van der Waals surface area contributed by atoms with Gasteiger partial charge in [-0.15, -0.1) is 0 Å². The Morgan fingerprint density at radius 3 is 2.39 bits per heavy atom. The fourth-order valence-corrected chi connectivity index (χ4v) is 5.26. The first-order chi connectivity index (χ1) is 20.0. The van der Waals surface area contributed by atoms with Crippen LogP contribution >= 0.6 is 0 Å². The van der Waals surface area contributed by atoms with E-state index in [4.69, 9.17) is 9.72 Å². The molecule has 0 atom stereocenters. The van der Waals surface area contributed by atoms with Crippen LogP contribution in [0, 0.1) is 0 Å². The fourth-order valence-electron chi connectivity index (χ4n) is 5.26. The van der Waals surface area contributed by atoms with Gasteiger partial charge in [0.1, 0.15) is 17.7 Å². The molecular formula is C32H29N5O4. The van der Waals surface area contributed by atoms with Crippen LogP contribution < -0.4 is 10.6 Å². The number of carboxylic acid groups (broad SMARTS) is 1. The highest BCUT2D eigenvalue weighted by Crippen LogP contribution is 2.31. The van der Waals surface area contributed by atoms with E-state index in [1.54, 1.807) is 6.20 Å². The maximum atomic E-state index is 12.3. The van der Waals surface area contributed by atoms with Gasteiger partial charge in [-0.05, 0) is 55.5 Å². The quantitative estimate of drug-likeness (QED) is 0.220. The largest absolute Gasteiger partial charge is 0.478 e. The molecule has 9 nitrogen and oxygen atoms in total. The third kappa shape index (κ3) is 5.94. The van der Waals surface area contributed by atoms with Crippen molar-refractivity contribution in [2.45, 2.75) is 44.4 Å². The molecule has 1 aliphatic carbocycles. The van der Waals surface area contributed by atoms with Crippen LogP contribution in [0.15, 0.2) is 85.2 Å². The molecule has 0 aliphatic heterocycles. The summed E-state index contributed by atoms with van der Waals surface area (Å²) in [5.41, 5.74) is 4.98. The Labute approximate surface area is 236 Å². The normalized spacial score (nSPS) is 16.8. The van der Waals surface area contributed by atoms with Gasteiger partial charge in [0.2, 0.25) is 0 Å². The first-order valence-electron chi connectivity index (χ1n) is 13.7. The predicted octanol–water partition coefficient (Wildman–Crippen LogP) is 6.19. The Morgan fingerprint density at radius 1 is 0.854 bits per heavy atom. The minimum atomic E-state index is -1.07. The molecule has 0 spiro atoms. The highest BCUT2D eigenvalue weighted by molar-refractivity contribution is 6.03. The van der Waals surface area contributed by atoms with Gasteiger partial charge < -0.3 is 20.5 Å². The summed E-state index contributed by atoms with van der Waals surface area (Å²) in [6, 6.07) is 23.2. The number of anilines is 1. The van der Waals surface area contributed by atoms with E-state index in [2.05, 4.69) is 20.6 Å². The summed E-state index contributed by atoms with van der Waals surface area (Å²) in [5.74, 6) is -1.07. The molecular weight excluding hydrogens is 518 g/mol. The number of hydrogen-bond acceptors (Lipinski definition) is 7. The maximum Gasteiger partial charge on any atom is 0.407 e. The number of carbonyl (C=O) groups excluding carboxylic acids is 1. The number of hydrogen-bond donors (Lipinski definition) is 3. The Balaban J connectivity index is 1.17. The van der Waals surface area contributed by atoms with E-state index in [1.165, 1.54) is 6.20 Å². The van der Waals surface area contributed by atoms with Gasteiger partial charge in [0, 0.05) is 35.4 Å². The van der Waals surface area contributed by atoms with Crippen LogP contribution in [0.4, 0.5) is 10.5 Å². The zero-order valence-electron chi connectivity index (χ0n) is 22.3. The molecule has 9 heteroatoms. The van der Waals surface area contributed by atoms with Crippen molar-refractivity contribution < 1.29 is 19.4 Å². The summed E-state index contributed by atoms with van der Waals surface area (Å²) in [6.45, 7) is 0.223. The van der Waals surface area contributed by atoms with Crippen molar-refractivity contribution in [3.8, 4) is 11.3 Å². The van der Waals surface area contributed by atoms with Gasteiger partial charge in [-0.2, -0.15) is 0 Å². The van der Waals surface area contributed by atoms with E-state index < -0.39 is 12.1 Å². The number of alkyl carbamates (subject to hydrolysis) is 1. The lowest BCUT2D eigenvalue weighted by Crippen LogP contribution is -2.40. The molecule has 1 amide bonds. The summed E-state index contributed by atoms with van der Waals surface area (Å²) in [6.07, 6.45) is 5.70. The van der Waals surface area contributed by atoms with E-state index in [1.807, 2.05) is 72.8 Å². The molecule has 6 rings (SSSR count). The van der Waals surface area contributed by atoms with Crippen molar-refractivity contribution in [3.05, 3.63) is 96.3 Å². The number of nitrogens with one attached hydrogen (secondary N) is 2. The smallest absolute Gasteiger partial charge is 0.407 e. The van der Waals surface area contributed by atoms with E-state index in [-0.39, 0.29) is 24.3 Å². The number of carboxylic acids is 1. The zero-order valence-corrected chi connectivity index (χ0v) is 22.3. The summed E-state index contributed by atoms with van der Waals surface area (Å²) < 4.78 is 5.36. The zero-order chi connectivity index (χ0) is 28.2. The molecule has 1 saturated carbocycles. The molecule has 3 heterocycles. The van der Waals surface area contributed by atoms with Crippen molar-refractivity contribution in [2.24, 2.45) is 0 Å². The van der Waals surface area contributed by atoms with Crippen molar-refractivity contribution in [1.29, 1.82) is 0 Å². The van der Waals surface area contributed by atoms with E-state index in [0.717, 1.165) is 47.7 Å². The predicted molar refractivity (Wildman–Crippen MR) is 157 cm³/mol. The number of nitrogens with zero attached hydrogens (tertiary/aromatic N) is 3. The average Bonchev–Trinajstić information content (AvgIpc) is 3.01. The Hall–Kier alpha value is -5.05. The van der Waals surface area contributed by atoms with Gasteiger partial charge in [-0.3, -0.25) is 9.97 Å². The molecule has 3 aromatic heterocycles. The molecule has 0 bridgehead atoms. The Kier molecular flexibility index (Phi) is 7.40. The molecule has 1 fully saturated rings. The second-order valence-electron chi connectivity index (χ2n) is 10.2. The van der Waals surface area contributed by atoms with Crippen molar-refractivity contribution in [1.82, 2.24) is 20.3 Å². The number of ether oxygens (including phenoxy) is 1. The lowest BCUT2D eigenvalue weighted by molar-refractivity contribution is 0.0697. The molecule has 3 N–H and O–H groups in total. The molecule has 5 aromatic rings. The summed E-state index contributed by atoms with van der Waals surface area (Å²) in [5, 5.41) is 17.4. The van der Waals surface area contributed by atoms with E-state index in [9.17, 15) is 14.7 Å². The van der Waals surface area contributed by atoms with Crippen LogP contribution in [0.2, 0.25) is 0 Å². The van der Waals surface area contributed by atoms with Crippen LogP contribution in [0.1, 0.15) is 41.6 Å². The molecule has 0 unspecified atom stereocenters. The Bertz CT molecular complexity index is 1720. The van der Waals surface area contributed by atoms with Gasteiger partial charge in [0.05, 0.1) is 22.4 Å². The summed E-state index contributed by atoms with van der Waals surface area (Å²) >= 11 is 0. The number of amides is 1. The van der Waals surface area contributed by atoms with E-state index in [0.29, 0.717) is 22.4 Å². The van der Waals surface area contributed by atoms with Crippen molar-refractivity contribution in [3.63, 3.8) is 0 Å². The molecule has 41 heavy (non-hydrogen) atoms. The number of para-hydroxylation sites is 1. The Morgan fingerprint density at radius 2 is 1.59 bits per heavy atom. The number of pyridine rings is 3. The number of rotatable bonds is 7. The van der Waals surface area contributed by atoms with Crippen LogP contribution in [-0.4, -0.2) is 44.2 Å². The van der Waals surface area contributed by atoms with Gasteiger partial charge in [0.25, 0.3) is 0 Å². The average molecular weight is 548 g/mol. The molecule has 206 valence electrons. The molecule has 0 radical (unpaired) electrons. The van der Waals surface area contributed by atoms with Gasteiger partial charge >= 0.3 is 12.1 Å². The number of aromatic nitrogens is 3.